The Bertz CT molecular complexity index is 1070. The van der Waals surface area contributed by atoms with Gasteiger partial charge in [-0.15, -0.1) is 0 Å². The minimum atomic E-state index is -0.167. The van der Waals surface area contributed by atoms with E-state index in [9.17, 15) is 9.59 Å². The van der Waals surface area contributed by atoms with Crippen molar-refractivity contribution in [2.45, 2.75) is 20.0 Å². The molecule has 0 aromatic heterocycles. The Hall–Kier alpha value is -2.90. The van der Waals surface area contributed by atoms with Crippen LogP contribution in [-0.4, -0.2) is 22.2 Å². The molecule has 2 aliphatic heterocycles. The monoisotopic (exact) mass is 422 g/mol. The second-order valence-corrected chi connectivity index (χ2v) is 8.36. The number of thiocarbonyl (C=S) groups is 1. The number of hydrogen-bond donors (Lipinski definition) is 1. The predicted octanol–water partition coefficient (Wildman–Crippen LogP) is 4.76. The van der Waals surface area contributed by atoms with E-state index < -0.39 is 0 Å². The molecule has 4 rings (SSSR count). The van der Waals surface area contributed by atoms with E-state index in [4.69, 9.17) is 17.0 Å². The third-order valence-corrected chi connectivity index (χ3v) is 5.85. The van der Waals surface area contributed by atoms with E-state index in [-0.39, 0.29) is 17.9 Å². The van der Waals surface area contributed by atoms with Crippen LogP contribution >= 0.6 is 24.0 Å². The predicted molar refractivity (Wildman–Crippen MR) is 121 cm³/mol. The van der Waals surface area contributed by atoms with Crippen LogP contribution in [0.15, 0.2) is 65.1 Å². The lowest BCUT2D eigenvalue weighted by atomic mass is 10.0. The minimum absolute atomic E-state index is 0.148. The molecule has 2 aromatic rings. The van der Waals surface area contributed by atoms with Crippen LogP contribution in [0.3, 0.4) is 0 Å². The molecule has 29 heavy (non-hydrogen) atoms. The van der Waals surface area contributed by atoms with Crippen molar-refractivity contribution in [1.29, 1.82) is 0 Å². The summed E-state index contributed by atoms with van der Waals surface area (Å²) in [6, 6.07) is 14.8. The fourth-order valence-corrected chi connectivity index (χ4v) is 4.46. The minimum Gasteiger partial charge on any atom is -0.485 e. The van der Waals surface area contributed by atoms with Gasteiger partial charge >= 0.3 is 0 Å². The molecule has 146 valence electrons. The van der Waals surface area contributed by atoms with Crippen molar-refractivity contribution < 1.29 is 14.3 Å². The quantitative estimate of drug-likeness (QED) is 0.571. The molecule has 2 amide bonds. The SMILES string of the molecule is CC(=O)Nc1ccc(N2C(=O)/C(=C/C3=Cc4ccccc4OC3C)SC2=S)cc1. The maximum absolute atomic E-state index is 13.0. The molecule has 5 nitrogen and oxygen atoms in total. The van der Waals surface area contributed by atoms with Gasteiger partial charge in [-0.3, -0.25) is 14.5 Å². The number of para-hydroxylation sites is 1. The van der Waals surface area contributed by atoms with E-state index in [1.165, 1.54) is 23.6 Å². The zero-order valence-electron chi connectivity index (χ0n) is 15.8. The first-order chi connectivity index (χ1) is 13.9. The maximum Gasteiger partial charge on any atom is 0.270 e. The zero-order valence-corrected chi connectivity index (χ0v) is 17.5. The van der Waals surface area contributed by atoms with Crippen molar-refractivity contribution in [2.75, 3.05) is 10.2 Å². The molecular weight excluding hydrogens is 404 g/mol. The molecule has 1 saturated heterocycles. The molecule has 2 aromatic carbocycles. The van der Waals surface area contributed by atoms with Crippen LogP contribution in [0.25, 0.3) is 6.08 Å². The zero-order chi connectivity index (χ0) is 20.5. The molecular formula is C22H18N2O3S2. The molecule has 7 heteroatoms. The fraction of sp³-hybridized carbons (Fsp3) is 0.136. The highest BCUT2D eigenvalue weighted by Gasteiger charge is 2.34. The van der Waals surface area contributed by atoms with Crippen LogP contribution in [0.5, 0.6) is 5.75 Å². The lowest BCUT2D eigenvalue weighted by molar-refractivity contribution is -0.114. The van der Waals surface area contributed by atoms with Crippen molar-refractivity contribution in [1.82, 2.24) is 0 Å². The second kappa shape index (κ2) is 7.85. The van der Waals surface area contributed by atoms with Gasteiger partial charge in [0, 0.05) is 18.2 Å². The first-order valence-corrected chi connectivity index (χ1v) is 10.3. The average molecular weight is 423 g/mol. The number of nitrogens with one attached hydrogen (secondary N) is 1. The third kappa shape index (κ3) is 3.97. The highest BCUT2D eigenvalue weighted by Crippen LogP contribution is 2.38. The number of anilines is 2. The van der Waals surface area contributed by atoms with Crippen LogP contribution in [0.2, 0.25) is 0 Å². The number of carbonyl (C=O) groups is 2. The van der Waals surface area contributed by atoms with Crippen molar-refractivity contribution in [3.63, 3.8) is 0 Å². The van der Waals surface area contributed by atoms with Gasteiger partial charge in [-0.1, -0.05) is 42.2 Å². The number of amides is 2. The van der Waals surface area contributed by atoms with Crippen molar-refractivity contribution in [2.24, 2.45) is 0 Å². The molecule has 0 radical (unpaired) electrons. The Balaban J connectivity index is 1.60. The first kappa shape index (κ1) is 19.4. The Labute approximate surface area is 178 Å². The smallest absolute Gasteiger partial charge is 0.270 e. The van der Waals surface area contributed by atoms with E-state index in [1.54, 1.807) is 24.3 Å². The maximum atomic E-state index is 13.0. The second-order valence-electron chi connectivity index (χ2n) is 6.69. The molecule has 1 atom stereocenters. The number of hydrogen-bond acceptors (Lipinski definition) is 5. The van der Waals surface area contributed by atoms with E-state index in [2.05, 4.69) is 5.32 Å². The summed E-state index contributed by atoms with van der Waals surface area (Å²) in [6.45, 7) is 3.41. The van der Waals surface area contributed by atoms with Crippen LogP contribution in [0, 0.1) is 0 Å². The van der Waals surface area contributed by atoms with Crippen molar-refractivity contribution >= 4 is 57.6 Å². The average Bonchev–Trinajstić information content (AvgIpc) is 2.96. The number of rotatable bonds is 3. The van der Waals surface area contributed by atoms with Gasteiger partial charge in [0.1, 0.15) is 11.9 Å². The van der Waals surface area contributed by atoms with E-state index >= 15 is 0 Å². The summed E-state index contributed by atoms with van der Waals surface area (Å²) in [4.78, 5) is 26.3. The summed E-state index contributed by atoms with van der Waals surface area (Å²) >= 11 is 6.72. The van der Waals surface area contributed by atoms with E-state index in [1.807, 2.05) is 43.3 Å². The lowest BCUT2D eigenvalue weighted by Crippen LogP contribution is -2.27. The van der Waals surface area contributed by atoms with E-state index in [0.29, 0.717) is 20.6 Å². The number of benzene rings is 2. The molecule has 0 aliphatic carbocycles. The Kier molecular flexibility index (Phi) is 5.25. The molecule has 2 aliphatic rings. The topological polar surface area (TPSA) is 58.6 Å². The molecule has 0 bridgehead atoms. The summed E-state index contributed by atoms with van der Waals surface area (Å²) < 4.78 is 6.43. The van der Waals surface area contributed by atoms with Gasteiger partial charge < -0.3 is 10.1 Å². The molecule has 0 spiro atoms. The van der Waals surface area contributed by atoms with Gasteiger partial charge in [-0.25, -0.2) is 0 Å². The number of carbonyl (C=O) groups excluding carboxylic acids is 2. The van der Waals surface area contributed by atoms with Crippen LogP contribution in [0.1, 0.15) is 19.4 Å². The molecule has 1 N–H and O–H groups in total. The fourth-order valence-electron chi connectivity index (χ4n) is 3.16. The van der Waals surface area contributed by atoms with Gasteiger partial charge in [0.05, 0.1) is 10.6 Å². The van der Waals surface area contributed by atoms with E-state index in [0.717, 1.165) is 16.9 Å². The largest absolute Gasteiger partial charge is 0.485 e. The van der Waals surface area contributed by atoms with Gasteiger partial charge in [0.25, 0.3) is 5.91 Å². The van der Waals surface area contributed by atoms with Gasteiger partial charge in [-0.05, 0) is 55.0 Å². The highest BCUT2D eigenvalue weighted by atomic mass is 32.2. The van der Waals surface area contributed by atoms with Gasteiger partial charge in [-0.2, -0.15) is 0 Å². The summed E-state index contributed by atoms with van der Waals surface area (Å²) in [6.07, 6.45) is 3.73. The normalized spacial score (nSPS) is 19.7. The number of fused-ring (bicyclic) bond motifs is 1. The number of ether oxygens (including phenoxy) is 1. The summed E-state index contributed by atoms with van der Waals surface area (Å²) in [7, 11) is 0. The van der Waals surface area contributed by atoms with Crippen LogP contribution < -0.4 is 15.0 Å². The van der Waals surface area contributed by atoms with Gasteiger partial charge in [0.15, 0.2) is 4.32 Å². The Morgan fingerprint density at radius 2 is 1.93 bits per heavy atom. The molecule has 1 unspecified atom stereocenters. The number of nitrogens with zero attached hydrogens (tertiary/aromatic N) is 1. The highest BCUT2D eigenvalue weighted by molar-refractivity contribution is 8.27. The van der Waals surface area contributed by atoms with Crippen LogP contribution in [0.4, 0.5) is 11.4 Å². The standard InChI is InChI=1S/C22H18N2O3S2/c1-13-16(11-15-5-3-4-6-19(15)27-13)12-20-21(26)24(22(28)29-20)18-9-7-17(8-10-18)23-14(2)25/h3-13H,1-2H3,(H,23,25)/b20-12-. The summed E-state index contributed by atoms with van der Waals surface area (Å²) in [5, 5.41) is 2.71. The Morgan fingerprint density at radius 3 is 2.66 bits per heavy atom. The molecule has 2 heterocycles. The first-order valence-electron chi connectivity index (χ1n) is 9.05. The lowest BCUT2D eigenvalue weighted by Gasteiger charge is -2.23. The third-order valence-electron chi connectivity index (χ3n) is 4.55. The number of thioether (sulfide) groups is 1. The Morgan fingerprint density at radius 1 is 1.21 bits per heavy atom. The van der Waals surface area contributed by atoms with Crippen molar-refractivity contribution in [3.05, 3.63) is 70.6 Å². The molecule has 1 fully saturated rings. The van der Waals surface area contributed by atoms with Crippen LogP contribution in [-0.2, 0) is 9.59 Å². The van der Waals surface area contributed by atoms with Gasteiger partial charge in [0.2, 0.25) is 5.91 Å². The van der Waals surface area contributed by atoms with Crippen molar-refractivity contribution in [3.8, 4) is 5.75 Å². The summed E-state index contributed by atoms with van der Waals surface area (Å²) in [5.41, 5.74) is 3.24. The summed E-state index contributed by atoms with van der Waals surface area (Å²) in [5.74, 6) is 0.521. The molecule has 0 saturated carbocycles.